The number of hydrogen-bond acceptors (Lipinski definition) is 7. The highest BCUT2D eigenvalue weighted by atomic mass is 16.6. The maximum Gasteiger partial charge on any atom is 0.335 e. The van der Waals surface area contributed by atoms with Crippen LogP contribution in [0.25, 0.3) is 0 Å². The Kier molecular flexibility index (Phi) is 5.51. The zero-order chi connectivity index (χ0) is 18.4. The van der Waals surface area contributed by atoms with Gasteiger partial charge in [0.2, 0.25) is 0 Å². The summed E-state index contributed by atoms with van der Waals surface area (Å²) in [4.78, 5) is 21.6. The molecule has 2 aromatic rings. The van der Waals surface area contributed by atoms with E-state index in [4.69, 9.17) is 14.6 Å². The zero-order valence-electron chi connectivity index (χ0n) is 13.4. The van der Waals surface area contributed by atoms with Crippen LogP contribution in [0, 0.1) is 10.1 Å². The number of hydrazone groups is 1. The highest BCUT2D eigenvalue weighted by Crippen LogP contribution is 2.33. The third-order valence-corrected chi connectivity index (χ3v) is 3.24. The van der Waals surface area contributed by atoms with Gasteiger partial charge in [-0.05, 0) is 24.3 Å². The van der Waals surface area contributed by atoms with Gasteiger partial charge >= 0.3 is 5.97 Å². The van der Waals surface area contributed by atoms with Gasteiger partial charge in [-0.1, -0.05) is 6.07 Å². The summed E-state index contributed by atoms with van der Waals surface area (Å²) in [5, 5.41) is 24.1. The van der Waals surface area contributed by atoms with Crippen LogP contribution in [0.5, 0.6) is 11.5 Å². The fourth-order valence-corrected chi connectivity index (χ4v) is 2.04. The van der Waals surface area contributed by atoms with Crippen molar-refractivity contribution >= 4 is 23.6 Å². The van der Waals surface area contributed by atoms with E-state index in [1.165, 1.54) is 44.7 Å². The number of nitro groups is 1. The van der Waals surface area contributed by atoms with E-state index in [2.05, 4.69) is 10.5 Å². The molecule has 0 radical (unpaired) electrons. The van der Waals surface area contributed by atoms with Gasteiger partial charge in [0.15, 0.2) is 11.5 Å². The van der Waals surface area contributed by atoms with E-state index in [9.17, 15) is 14.9 Å². The SMILES string of the molecule is COc1cc(C=NNc2cccc(C(=O)O)c2)c([N+](=O)[O-])cc1OC. The number of carbonyl (C=O) groups is 1. The minimum absolute atomic E-state index is 0.0947. The molecule has 0 aromatic heterocycles. The van der Waals surface area contributed by atoms with Crippen LogP contribution in [-0.2, 0) is 0 Å². The normalized spacial score (nSPS) is 10.5. The zero-order valence-corrected chi connectivity index (χ0v) is 13.4. The highest BCUT2D eigenvalue weighted by Gasteiger charge is 2.18. The summed E-state index contributed by atoms with van der Waals surface area (Å²) >= 11 is 0. The molecule has 0 atom stereocenters. The summed E-state index contributed by atoms with van der Waals surface area (Å²) in [6, 6.07) is 8.67. The highest BCUT2D eigenvalue weighted by molar-refractivity contribution is 5.89. The molecule has 0 bridgehead atoms. The Balaban J connectivity index is 2.29. The van der Waals surface area contributed by atoms with E-state index < -0.39 is 10.9 Å². The number of carboxylic acid groups (broad SMARTS) is 1. The smallest absolute Gasteiger partial charge is 0.335 e. The quantitative estimate of drug-likeness (QED) is 0.449. The first kappa shape index (κ1) is 17.7. The lowest BCUT2D eigenvalue weighted by Crippen LogP contribution is -2.00. The molecular weight excluding hydrogens is 330 g/mol. The van der Waals surface area contributed by atoms with Crippen LogP contribution in [0.1, 0.15) is 15.9 Å². The van der Waals surface area contributed by atoms with Gasteiger partial charge < -0.3 is 14.6 Å². The number of aromatic carboxylic acids is 1. The first-order chi connectivity index (χ1) is 12.0. The van der Waals surface area contributed by atoms with Crippen molar-refractivity contribution in [1.29, 1.82) is 0 Å². The lowest BCUT2D eigenvalue weighted by Gasteiger charge is -2.08. The molecule has 2 aromatic carbocycles. The van der Waals surface area contributed by atoms with Gasteiger partial charge in [0.25, 0.3) is 5.69 Å². The lowest BCUT2D eigenvalue weighted by molar-refractivity contribution is -0.385. The third kappa shape index (κ3) is 4.22. The van der Waals surface area contributed by atoms with E-state index in [1.54, 1.807) is 12.1 Å². The number of rotatable bonds is 7. The molecule has 0 aliphatic rings. The Morgan fingerprint density at radius 3 is 2.52 bits per heavy atom. The summed E-state index contributed by atoms with van der Waals surface area (Å²) in [5.41, 5.74) is 3.15. The second-order valence-electron chi connectivity index (χ2n) is 4.78. The molecule has 130 valence electrons. The standard InChI is InChI=1S/C16H15N3O6/c1-24-14-7-11(13(19(22)23)8-15(14)25-2)9-17-18-12-5-3-4-10(6-12)16(20)21/h3-9,18H,1-2H3,(H,20,21). The molecule has 0 aliphatic carbocycles. The van der Waals surface area contributed by atoms with Gasteiger partial charge in [0.1, 0.15) is 0 Å². The van der Waals surface area contributed by atoms with Crippen molar-refractivity contribution in [2.45, 2.75) is 0 Å². The third-order valence-electron chi connectivity index (χ3n) is 3.24. The van der Waals surface area contributed by atoms with Crippen molar-refractivity contribution in [3.8, 4) is 11.5 Å². The van der Waals surface area contributed by atoms with E-state index in [-0.39, 0.29) is 22.6 Å². The minimum atomic E-state index is -1.07. The van der Waals surface area contributed by atoms with Gasteiger partial charge in [0.05, 0.1) is 48.2 Å². The first-order valence-corrected chi connectivity index (χ1v) is 6.99. The molecule has 0 heterocycles. The van der Waals surface area contributed by atoms with Gasteiger partial charge in [-0.15, -0.1) is 0 Å². The second kappa shape index (κ2) is 7.77. The number of hydrogen-bond donors (Lipinski definition) is 2. The van der Waals surface area contributed by atoms with Crippen LogP contribution in [0.4, 0.5) is 11.4 Å². The molecule has 9 heteroatoms. The molecule has 0 saturated carbocycles. The fourth-order valence-electron chi connectivity index (χ4n) is 2.04. The lowest BCUT2D eigenvalue weighted by atomic mass is 10.1. The minimum Gasteiger partial charge on any atom is -0.493 e. The molecule has 25 heavy (non-hydrogen) atoms. The van der Waals surface area contributed by atoms with Crippen LogP contribution in [-0.4, -0.2) is 36.4 Å². The maximum absolute atomic E-state index is 11.2. The van der Waals surface area contributed by atoms with Gasteiger partial charge in [-0.3, -0.25) is 15.5 Å². The van der Waals surface area contributed by atoms with Crippen molar-refractivity contribution in [1.82, 2.24) is 0 Å². The van der Waals surface area contributed by atoms with Crippen molar-refractivity contribution in [3.05, 3.63) is 57.6 Å². The van der Waals surface area contributed by atoms with Crippen molar-refractivity contribution in [2.24, 2.45) is 5.10 Å². The second-order valence-corrected chi connectivity index (χ2v) is 4.78. The molecule has 0 fully saturated rings. The molecule has 0 aliphatic heterocycles. The van der Waals surface area contributed by atoms with Crippen LogP contribution >= 0.6 is 0 Å². The number of methoxy groups -OCH3 is 2. The Hall–Kier alpha value is -3.62. The molecule has 9 nitrogen and oxygen atoms in total. The molecule has 0 amide bonds. The summed E-state index contributed by atoms with van der Waals surface area (Å²) in [7, 11) is 2.80. The van der Waals surface area contributed by atoms with E-state index in [1.807, 2.05) is 0 Å². The van der Waals surface area contributed by atoms with Gasteiger partial charge in [-0.2, -0.15) is 5.10 Å². The monoisotopic (exact) mass is 345 g/mol. The number of nitro benzene ring substituents is 1. The van der Waals surface area contributed by atoms with Gasteiger partial charge in [0, 0.05) is 0 Å². The number of ether oxygens (including phenoxy) is 2. The average Bonchev–Trinajstić information content (AvgIpc) is 2.61. The van der Waals surface area contributed by atoms with Crippen molar-refractivity contribution < 1.29 is 24.3 Å². The number of nitrogens with one attached hydrogen (secondary N) is 1. The Bertz CT molecular complexity index is 835. The van der Waals surface area contributed by atoms with Gasteiger partial charge in [-0.25, -0.2) is 4.79 Å². The number of carboxylic acids is 1. The Labute approximate surface area is 142 Å². The predicted octanol–water partition coefficient (Wildman–Crippen LogP) is 2.76. The molecule has 2 rings (SSSR count). The molecule has 2 N–H and O–H groups in total. The van der Waals surface area contributed by atoms with Crippen molar-refractivity contribution in [3.63, 3.8) is 0 Å². The van der Waals surface area contributed by atoms with Crippen molar-refractivity contribution in [2.75, 3.05) is 19.6 Å². The summed E-state index contributed by atoms with van der Waals surface area (Å²) < 4.78 is 10.2. The number of nitrogens with zero attached hydrogens (tertiary/aromatic N) is 2. The van der Waals surface area contributed by atoms with E-state index in [0.717, 1.165) is 0 Å². The van der Waals surface area contributed by atoms with Crippen LogP contribution in [0.2, 0.25) is 0 Å². The molecular formula is C16H15N3O6. The number of anilines is 1. The Morgan fingerprint density at radius 2 is 1.92 bits per heavy atom. The average molecular weight is 345 g/mol. The predicted molar refractivity (Wildman–Crippen MR) is 90.8 cm³/mol. The maximum atomic E-state index is 11.2. The first-order valence-electron chi connectivity index (χ1n) is 6.99. The molecule has 0 unspecified atom stereocenters. The summed E-state index contributed by atoms with van der Waals surface area (Å²) in [6.07, 6.45) is 1.24. The topological polar surface area (TPSA) is 123 Å². The fraction of sp³-hybridized carbons (Fsp3) is 0.125. The summed E-state index contributed by atoms with van der Waals surface area (Å²) in [6.45, 7) is 0. The van der Waals surface area contributed by atoms with E-state index in [0.29, 0.717) is 11.4 Å². The molecule has 0 spiro atoms. The van der Waals surface area contributed by atoms with Crippen LogP contribution < -0.4 is 14.9 Å². The van der Waals surface area contributed by atoms with Crippen LogP contribution in [0.15, 0.2) is 41.5 Å². The van der Waals surface area contributed by atoms with Crippen LogP contribution in [0.3, 0.4) is 0 Å². The van der Waals surface area contributed by atoms with E-state index >= 15 is 0 Å². The number of benzene rings is 2. The largest absolute Gasteiger partial charge is 0.493 e. The summed E-state index contributed by atoms with van der Waals surface area (Å²) in [5.74, 6) is -0.515. The molecule has 0 saturated heterocycles. The Morgan fingerprint density at radius 1 is 1.24 bits per heavy atom.